The van der Waals surface area contributed by atoms with E-state index in [-0.39, 0.29) is 29.1 Å². The highest BCUT2D eigenvalue weighted by Gasteiger charge is 2.45. The molecule has 0 radical (unpaired) electrons. The molecule has 3 rings (SSSR count). The minimum Gasteiger partial charge on any atom is -0.508 e. The van der Waals surface area contributed by atoms with Crippen molar-refractivity contribution in [3.05, 3.63) is 59.7 Å². The Kier molecular flexibility index (Phi) is 8.13. The number of likely N-dealkylation sites (tertiary alicyclic amines) is 1. The molecule has 0 spiro atoms. The third-order valence-corrected chi connectivity index (χ3v) is 6.19. The van der Waals surface area contributed by atoms with Crippen LogP contribution in [-0.2, 0) is 19.2 Å². The number of phenols is 2. The molecule has 10 nitrogen and oxygen atoms in total. The summed E-state index contributed by atoms with van der Waals surface area (Å²) >= 11 is 0.986. The van der Waals surface area contributed by atoms with E-state index in [4.69, 9.17) is 5.73 Å². The van der Waals surface area contributed by atoms with Crippen molar-refractivity contribution in [1.82, 2.24) is 15.5 Å². The van der Waals surface area contributed by atoms with Crippen LogP contribution in [0.4, 0.5) is 0 Å². The first-order valence-corrected chi connectivity index (χ1v) is 11.5. The predicted octanol–water partition coefficient (Wildman–Crippen LogP) is 0.562. The van der Waals surface area contributed by atoms with Crippen LogP contribution in [0, 0.1) is 0 Å². The number of phenolic OH excluding ortho intramolecular Hbond substituents is 2. The van der Waals surface area contributed by atoms with Gasteiger partial charge in [0.15, 0.2) is 0 Å². The SMILES string of the molecule is CC(=O)NCCSC(=O)[C@@H](c1ccc(O)cc1)N1C[C@H](NC(=O)[C@H](N)c2ccc(O)cc2)C1=O. The van der Waals surface area contributed by atoms with E-state index in [0.717, 1.165) is 11.8 Å². The quantitative estimate of drug-likeness (QED) is 0.254. The molecule has 2 aromatic rings. The van der Waals surface area contributed by atoms with Gasteiger partial charge < -0.3 is 31.5 Å². The van der Waals surface area contributed by atoms with Crippen molar-refractivity contribution in [2.45, 2.75) is 25.0 Å². The van der Waals surface area contributed by atoms with Crippen molar-refractivity contribution in [3.63, 3.8) is 0 Å². The number of hydrogen-bond donors (Lipinski definition) is 5. The van der Waals surface area contributed by atoms with Gasteiger partial charge in [-0.05, 0) is 35.4 Å². The first-order chi connectivity index (χ1) is 16.2. The van der Waals surface area contributed by atoms with Gasteiger partial charge in [-0.15, -0.1) is 0 Å². The highest BCUT2D eigenvalue weighted by molar-refractivity contribution is 8.13. The Morgan fingerprint density at radius 2 is 1.62 bits per heavy atom. The number of nitrogens with zero attached hydrogens (tertiary/aromatic N) is 1. The molecule has 0 aromatic heterocycles. The molecule has 2 aromatic carbocycles. The second-order valence-electron chi connectivity index (χ2n) is 7.77. The van der Waals surface area contributed by atoms with Gasteiger partial charge in [-0.3, -0.25) is 19.2 Å². The van der Waals surface area contributed by atoms with Gasteiger partial charge in [-0.2, -0.15) is 0 Å². The summed E-state index contributed by atoms with van der Waals surface area (Å²) in [4.78, 5) is 50.7. The Hall–Kier alpha value is -3.57. The lowest BCUT2D eigenvalue weighted by Crippen LogP contribution is -2.65. The fourth-order valence-corrected chi connectivity index (χ4v) is 4.27. The highest BCUT2D eigenvalue weighted by Crippen LogP contribution is 2.32. The van der Waals surface area contributed by atoms with Crippen molar-refractivity contribution >= 4 is 34.6 Å². The van der Waals surface area contributed by atoms with E-state index in [9.17, 15) is 29.4 Å². The molecule has 3 amide bonds. The zero-order chi connectivity index (χ0) is 24.8. The van der Waals surface area contributed by atoms with E-state index < -0.39 is 29.9 Å². The van der Waals surface area contributed by atoms with E-state index in [1.165, 1.54) is 48.2 Å². The number of thioether (sulfide) groups is 1. The number of aromatic hydroxyl groups is 2. The molecule has 1 aliphatic heterocycles. The van der Waals surface area contributed by atoms with Gasteiger partial charge in [0.05, 0.1) is 6.54 Å². The molecule has 1 fully saturated rings. The summed E-state index contributed by atoms with van der Waals surface area (Å²) in [7, 11) is 0. The van der Waals surface area contributed by atoms with Crippen molar-refractivity contribution in [1.29, 1.82) is 0 Å². The summed E-state index contributed by atoms with van der Waals surface area (Å²) in [5.41, 5.74) is 6.97. The van der Waals surface area contributed by atoms with Crippen LogP contribution in [0.1, 0.15) is 30.1 Å². The number of amides is 3. The Morgan fingerprint density at radius 3 is 2.15 bits per heavy atom. The van der Waals surface area contributed by atoms with Crippen LogP contribution in [0.3, 0.4) is 0 Å². The van der Waals surface area contributed by atoms with Gasteiger partial charge in [-0.1, -0.05) is 36.0 Å². The zero-order valence-corrected chi connectivity index (χ0v) is 19.2. The molecular weight excluding hydrogens is 460 g/mol. The second kappa shape index (κ2) is 11.0. The summed E-state index contributed by atoms with van der Waals surface area (Å²) in [5, 5.41) is 23.9. The summed E-state index contributed by atoms with van der Waals surface area (Å²) in [5.74, 6) is -0.791. The molecule has 0 unspecified atom stereocenters. The van der Waals surface area contributed by atoms with Crippen molar-refractivity contribution in [2.24, 2.45) is 5.73 Å². The Labute approximate surface area is 200 Å². The number of rotatable bonds is 9. The average Bonchev–Trinajstić information content (AvgIpc) is 2.81. The summed E-state index contributed by atoms with van der Waals surface area (Å²) in [6, 6.07) is 9.08. The molecule has 3 atom stereocenters. The Balaban J connectivity index is 1.65. The van der Waals surface area contributed by atoms with Crippen LogP contribution in [-0.4, -0.2) is 62.8 Å². The number of β-lactam (4-membered cyclic amide) rings is 1. The van der Waals surface area contributed by atoms with Crippen LogP contribution in [0.25, 0.3) is 0 Å². The van der Waals surface area contributed by atoms with Gasteiger partial charge in [0, 0.05) is 19.2 Å². The Bertz CT molecular complexity index is 1060. The number of nitrogens with one attached hydrogen (secondary N) is 2. The fraction of sp³-hybridized carbons (Fsp3) is 0.304. The molecular formula is C23H26N4O6S. The van der Waals surface area contributed by atoms with Crippen molar-refractivity contribution in [3.8, 4) is 11.5 Å². The number of benzene rings is 2. The average molecular weight is 487 g/mol. The number of hydrogen-bond acceptors (Lipinski definition) is 8. The van der Waals surface area contributed by atoms with Crippen LogP contribution in [0.2, 0.25) is 0 Å². The topological polar surface area (TPSA) is 162 Å². The van der Waals surface area contributed by atoms with Crippen LogP contribution >= 0.6 is 11.8 Å². The van der Waals surface area contributed by atoms with E-state index in [2.05, 4.69) is 10.6 Å². The monoisotopic (exact) mass is 486 g/mol. The fourth-order valence-electron chi connectivity index (χ4n) is 3.44. The number of carbonyl (C=O) groups excluding carboxylic acids is 4. The molecule has 34 heavy (non-hydrogen) atoms. The molecule has 6 N–H and O–H groups in total. The highest BCUT2D eigenvalue weighted by atomic mass is 32.2. The van der Waals surface area contributed by atoms with Gasteiger partial charge in [0.25, 0.3) is 0 Å². The summed E-state index contributed by atoms with van der Waals surface area (Å²) in [6.45, 7) is 1.79. The predicted molar refractivity (Wildman–Crippen MR) is 126 cm³/mol. The minimum absolute atomic E-state index is 0.0246. The number of carbonyl (C=O) groups is 4. The van der Waals surface area contributed by atoms with E-state index >= 15 is 0 Å². The maximum Gasteiger partial charge on any atom is 0.247 e. The van der Waals surface area contributed by atoms with E-state index in [1.807, 2.05) is 0 Å². The van der Waals surface area contributed by atoms with E-state index in [0.29, 0.717) is 23.4 Å². The third kappa shape index (κ3) is 6.06. The van der Waals surface area contributed by atoms with Crippen LogP contribution in [0.15, 0.2) is 48.5 Å². The zero-order valence-electron chi connectivity index (χ0n) is 18.4. The lowest BCUT2D eigenvalue weighted by Gasteiger charge is -2.43. The van der Waals surface area contributed by atoms with Gasteiger partial charge in [0.2, 0.25) is 22.8 Å². The lowest BCUT2D eigenvalue weighted by molar-refractivity contribution is -0.152. The first kappa shape index (κ1) is 25.1. The van der Waals surface area contributed by atoms with E-state index in [1.54, 1.807) is 12.1 Å². The molecule has 1 saturated heterocycles. The summed E-state index contributed by atoms with van der Waals surface area (Å²) in [6.07, 6.45) is 0. The largest absolute Gasteiger partial charge is 0.508 e. The van der Waals surface area contributed by atoms with Crippen molar-refractivity contribution in [2.75, 3.05) is 18.8 Å². The van der Waals surface area contributed by atoms with Crippen LogP contribution < -0.4 is 16.4 Å². The molecule has 1 heterocycles. The second-order valence-corrected chi connectivity index (χ2v) is 8.86. The van der Waals surface area contributed by atoms with Crippen molar-refractivity contribution < 1.29 is 29.4 Å². The van der Waals surface area contributed by atoms with Gasteiger partial charge in [0.1, 0.15) is 29.6 Å². The van der Waals surface area contributed by atoms with Gasteiger partial charge >= 0.3 is 0 Å². The van der Waals surface area contributed by atoms with Gasteiger partial charge in [-0.25, -0.2) is 0 Å². The molecule has 0 bridgehead atoms. The van der Waals surface area contributed by atoms with Crippen LogP contribution in [0.5, 0.6) is 11.5 Å². The molecule has 11 heteroatoms. The maximum atomic E-state index is 13.0. The summed E-state index contributed by atoms with van der Waals surface area (Å²) < 4.78 is 0. The Morgan fingerprint density at radius 1 is 1.06 bits per heavy atom. The molecule has 0 aliphatic carbocycles. The standard InChI is InChI=1S/C23H26N4O6S/c1-13(28)25-10-11-34-23(33)20(15-4-8-17(30)9-5-15)27-12-18(22(27)32)26-21(31)19(24)14-2-6-16(29)7-3-14/h2-9,18-20,29-30H,10-12,24H2,1H3,(H,25,28)(H,26,31)/t18-,19+,20+/m0/s1. The first-order valence-electron chi connectivity index (χ1n) is 10.5. The third-order valence-electron chi connectivity index (χ3n) is 5.28. The lowest BCUT2D eigenvalue weighted by atomic mass is 9.98. The molecule has 1 aliphatic rings. The smallest absolute Gasteiger partial charge is 0.247 e. The molecule has 180 valence electrons. The maximum absolute atomic E-state index is 13.0. The minimum atomic E-state index is -1.03. The normalized spacial score (nSPS) is 16.8. The number of nitrogens with two attached hydrogens (primary N) is 1. The molecule has 0 saturated carbocycles.